The van der Waals surface area contributed by atoms with E-state index >= 15 is 0 Å². The number of carbonyl (C=O) groups is 1. The molecule has 114 valence electrons. The first-order valence-corrected chi connectivity index (χ1v) is 7.02. The molecule has 1 aliphatic rings. The molecule has 0 atom stereocenters. The van der Waals surface area contributed by atoms with Crippen LogP contribution in [0, 0.1) is 6.92 Å². The van der Waals surface area contributed by atoms with E-state index in [2.05, 4.69) is 19.9 Å². The molecule has 2 aromatic heterocycles. The molecule has 1 aliphatic heterocycles. The maximum Gasteiger partial charge on any atom is 0.263 e. The maximum atomic E-state index is 12.4. The number of amides is 1. The highest BCUT2D eigenvalue weighted by Crippen LogP contribution is 2.11. The second-order valence-electron chi connectivity index (χ2n) is 5.04. The summed E-state index contributed by atoms with van der Waals surface area (Å²) in [7, 11) is 0. The number of nitrogens with zero attached hydrogens (tertiary/aromatic N) is 5. The van der Waals surface area contributed by atoms with Crippen LogP contribution in [0.4, 0.5) is 5.95 Å². The molecule has 3 heterocycles. The largest absolute Gasteiger partial charge is 0.337 e. The van der Waals surface area contributed by atoms with Crippen molar-refractivity contribution in [2.24, 2.45) is 0 Å². The van der Waals surface area contributed by atoms with Crippen molar-refractivity contribution in [3.63, 3.8) is 0 Å². The van der Waals surface area contributed by atoms with E-state index < -0.39 is 5.56 Å². The molecule has 22 heavy (non-hydrogen) atoms. The Hall–Kier alpha value is -2.77. The maximum absolute atomic E-state index is 12.4. The summed E-state index contributed by atoms with van der Waals surface area (Å²) in [5.74, 6) is 0.861. The summed E-state index contributed by atoms with van der Waals surface area (Å²) >= 11 is 0. The van der Waals surface area contributed by atoms with Gasteiger partial charge in [-0.1, -0.05) is 0 Å². The Kier molecular flexibility index (Phi) is 3.82. The molecule has 0 unspecified atom stereocenters. The van der Waals surface area contributed by atoms with Crippen LogP contribution in [0.2, 0.25) is 0 Å². The van der Waals surface area contributed by atoms with Crippen molar-refractivity contribution < 1.29 is 4.79 Å². The van der Waals surface area contributed by atoms with Crippen LogP contribution in [0.25, 0.3) is 0 Å². The number of nitrogens with one attached hydrogen (secondary N) is 1. The third kappa shape index (κ3) is 2.80. The van der Waals surface area contributed by atoms with Gasteiger partial charge in [-0.15, -0.1) is 0 Å². The van der Waals surface area contributed by atoms with Crippen LogP contribution < -0.4 is 10.5 Å². The number of piperazine rings is 1. The van der Waals surface area contributed by atoms with Crippen molar-refractivity contribution in [3.05, 3.63) is 46.4 Å². The van der Waals surface area contributed by atoms with Crippen LogP contribution in [-0.4, -0.2) is 56.9 Å². The summed E-state index contributed by atoms with van der Waals surface area (Å²) in [5.41, 5.74) is -0.318. The molecule has 0 radical (unpaired) electrons. The van der Waals surface area contributed by atoms with E-state index in [1.807, 2.05) is 4.90 Å². The fourth-order valence-electron chi connectivity index (χ4n) is 2.37. The number of anilines is 1. The molecule has 0 aromatic carbocycles. The second kappa shape index (κ2) is 5.92. The molecular weight excluding hydrogens is 284 g/mol. The Labute approximate surface area is 126 Å². The number of rotatable bonds is 2. The first-order valence-electron chi connectivity index (χ1n) is 7.02. The van der Waals surface area contributed by atoms with Gasteiger partial charge in [0.15, 0.2) is 0 Å². The fraction of sp³-hybridized carbons (Fsp3) is 0.357. The lowest BCUT2D eigenvalue weighted by atomic mass is 10.2. The Morgan fingerprint density at radius 1 is 1.14 bits per heavy atom. The molecule has 1 saturated heterocycles. The minimum Gasteiger partial charge on any atom is -0.337 e. The average Bonchev–Trinajstić information content (AvgIpc) is 2.55. The first kappa shape index (κ1) is 14.2. The normalized spacial score (nSPS) is 15.0. The monoisotopic (exact) mass is 300 g/mol. The fourth-order valence-corrected chi connectivity index (χ4v) is 2.37. The molecule has 0 saturated carbocycles. The highest BCUT2D eigenvalue weighted by molar-refractivity contribution is 5.93. The third-order valence-electron chi connectivity index (χ3n) is 3.56. The Bertz CT molecular complexity index is 722. The zero-order valence-corrected chi connectivity index (χ0v) is 12.2. The molecule has 8 heteroatoms. The Morgan fingerprint density at radius 2 is 1.82 bits per heavy atom. The number of H-pyrrole nitrogens is 1. The molecule has 0 aliphatic carbocycles. The van der Waals surface area contributed by atoms with Gasteiger partial charge in [0.25, 0.3) is 11.5 Å². The lowest BCUT2D eigenvalue weighted by Gasteiger charge is -2.34. The van der Waals surface area contributed by atoms with Gasteiger partial charge in [-0.05, 0) is 13.0 Å². The van der Waals surface area contributed by atoms with E-state index in [1.54, 1.807) is 30.3 Å². The van der Waals surface area contributed by atoms with Gasteiger partial charge >= 0.3 is 0 Å². The Balaban J connectivity index is 1.68. The second-order valence-corrected chi connectivity index (χ2v) is 5.04. The van der Waals surface area contributed by atoms with E-state index in [0.29, 0.717) is 38.0 Å². The minimum atomic E-state index is -0.397. The zero-order valence-electron chi connectivity index (χ0n) is 12.2. The van der Waals surface area contributed by atoms with Gasteiger partial charge in [-0.25, -0.2) is 15.0 Å². The van der Waals surface area contributed by atoms with Crippen molar-refractivity contribution in [3.8, 4) is 0 Å². The van der Waals surface area contributed by atoms with Crippen LogP contribution in [0.1, 0.15) is 16.2 Å². The van der Waals surface area contributed by atoms with Gasteiger partial charge < -0.3 is 14.8 Å². The van der Waals surface area contributed by atoms with Crippen LogP contribution in [0.5, 0.6) is 0 Å². The van der Waals surface area contributed by atoms with Crippen LogP contribution in [0.15, 0.2) is 29.5 Å². The lowest BCUT2D eigenvalue weighted by molar-refractivity contribution is 0.0744. The molecule has 0 bridgehead atoms. The molecule has 2 aromatic rings. The van der Waals surface area contributed by atoms with E-state index in [4.69, 9.17) is 0 Å². The topological polar surface area (TPSA) is 95.1 Å². The van der Waals surface area contributed by atoms with Gasteiger partial charge in [0.2, 0.25) is 5.95 Å². The molecule has 3 rings (SSSR count). The summed E-state index contributed by atoms with van der Waals surface area (Å²) in [5, 5.41) is 0. The van der Waals surface area contributed by atoms with Crippen molar-refractivity contribution in [1.29, 1.82) is 0 Å². The van der Waals surface area contributed by atoms with Gasteiger partial charge in [0.05, 0.1) is 0 Å². The third-order valence-corrected chi connectivity index (χ3v) is 3.56. The average molecular weight is 300 g/mol. The first-order chi connectivity index (χ1) is 10.6. The zero-order chi connectivity index (χ0) is 15.5. The summed E-state index contributed by atoms with van der Waals surface area (Å²) in [6.07, 6.45) is 4.72. The number of carbonyl (C=O) groups excluding carboxylic acids is 1. The molecule has 8 nitrogen and oxygen atoms in total. The number of aromatic amines is 1. The quantitative estimate of drug-likeness (QED) is 0.827. The highest BCUT2D eigenvalue weighted by atomic mass is 16.2. The predicted octanol–water partition coefficient (Wildman–Crippen LogP) is -0.169. The van der Waals surface area contributed by atoms with E-state index in [-0.39, 0.29) is 11.5 Å². The summed E-state index contributed by atoms with van der Waals surface area (Å²) in [6.45, 7) is 3.98. The lowest BCUT2D eigenvalue weighted by Crippen LogP contribution is -2.50. The van der Waals surface area contributed by atoms with Crippen molar-refractivity contribution in [2.75, 3.05) is 31.1 Å². The van der Waals surface area contributed by atoms with Gasteiger partial charge in [0, 0.05) is 44.8 Å². The smallest absolute Gasteiger partial charge is 0.263 e. The number of aromatic nitrogens is 4. The van der Waals surface area contributed by atoms with Crippen molar-refractivity contribution in [1.82, 2.24) is 24.8 Å². The molecule has 0 spiro atoms. The summed E-state index contributed by atoms with van der Waals surface area (Å²) in [4.78, 5) is 42.8. The van der Waals surface area contributed by atoms with Crippen molar-refractivity contribution >= 4 is 11.9 Å². The predicted molar refractivity (Wildman–Crippen MR) is 79.7 cm³/mol. The van der Waals surface area contributed by atoms with Gasteiger partial charge in [-0.2, -0.15) is 0 Å². The Morgan fingerprint density at radius 3 is 2.45 bits per heavy atom. The van der Waals surface area contributed by atoms with E-state index in [1.165, 1.54) is 6.20 Å². The van der Waals surface area contributed by atoms with E-state index in [9.17, 15) is 9.59 Å². The highest BCUT2D eigenvalue weighted by Gasteiger charge is 2.25. The summed E-state index contributed by atoms with van der Waals surface area (Å²) in [6, 6.07) is 1.76. The van der Waals surface area contributed by atoms with Gasteiger partial charge in [-0.3, -0.25) is 9.59 Å². The number of aryl methyl sites for hydroxylation is 1. The van der Waals surface area contributed by atoms with Crippen LogP contribution in [0.3, 0.4) is 0 Å². The minimum absolute atomic E-state index is 0.0787. The summed E-state index contributed by atoms with van der Waals surface area (Å²) < 4.78 is 0. The standard InChI is InChI=1S/C14H16N6O2/c1-10-17-9-11(12(21)18-10)13(22)19-5-7-20(8-6-19)14-15-3-2-4-16-14/h2-4,9H,5-8H2,1H3,(H,17,18,21). The molecule has 1 amide bonds. The SMILES string of the molecule is Cc1ncc(C(=O)N2CCN(c3ncccn3)CC2)c(=O)[nH]1. The number of hydrogen-bond acceptors (Lipinski definition) is 6. The number of hydrogen-bond donors (Lipinski definition) is 1. The van der Waals surface area contributed by atoms with Crippen LogP contribution in [-0.2, 0) is 0 Å². The molecule has 1 fully saturated rings. The van der Waals surface area contributed by atoms with Crippen molar-refractivity contribution in [2.45, 2.75) is 6.92 Å². The molecular formula is C14H16N6O2. The van der Waals surface area contributed by atoms with Gasteiger partial charge in [0.1, 0.15) is 11.4 Å². The van der Waals surface area contributed by atoms with E-state index in [0.717, 1.165) is 0 Å². The molecule has 1 N–H and O–H groups in total. The van der Waals surface area contributed by atoms with Crippen LogP contribution >= 0.6 is 0 Å².